The molecule has 0 amide bonds. The SMILES string of the molecule is CCCCCCCCCCNCC(C)(O)C(F)(F)F.COc1nc(C(=O)O)ccc1C(F)(F)F. The number of hydrogen-bond acceptors (Lipinski definition) is 5. The fraction of sp³-hybridized carbons (Fsp3) is 0.727. The topological polar surface area (TPSA) is 91.7 Å². The molecule has 3 N–H and O–H groups in total. The van der Waals surface area contributed by atoms with E-state index in [1.165, 1.54) is 32.1 Å². The normalized spacial score (nSPS) is 13.6. The molecule has 0 aliphatic carbocycles. The summed E-state index contributed by atoms with van der Waals surface area (Å²) < 4.78 is 78.2. The minimum Gasteiger partial charge on any atom is -0.481 e. The Morgan fingerprint density at radius 2 is 1.53 bits per heavy atom. The molecule has 0 fully saturated rings. The molecule has 0 saturated carbocycles. The van der Waals surface area contributed by atoms with Crippen molar-refractivity contribution >= 4 is 5.97 Å². The molecule has 12 heteroatoms. The lowest BCUT2D eigenvalue weighted by atomic mass is 10.1. The molecular formula is C22H34F6N2O4. The number of unbranched alkanes of at least 4 members (excludes halogenated alkanes) is 7. The van der Waals surface area contributed by atoms with Gasteiger partial charge in [-0.3, -0.25) is 0 Å². The van der Waals surface area contributed by atoms with Crippen LogP contribution in [0.4, 0.5) is 26.3 Å². The van der Waals surface area contributed by atoms with Crippen LogP contribution < -0.4 is 10.1 Å². The van der Waals surface area contributed by atoms with Crippen molar-refractivity contribution in [2.24, 2.45) is 0 Å². The van der Waals surface area contributed by atoms with Crippen LogP contribution in [0.2, 0.25) is 0 Å². The number of nitrogens with zero attached hydrogens (tertiary/aromatic N) is 1. The molecule has 0 saturated heterocycles. The number of methoxy groups -OCH3 is 1. The van der Waals surface area contributed by atoms with E-state index in [0.717, 1.165) is 39.4 Å². The molecule has 1 atom stereocenters. The number of alkyl halides is 6. The number of halogens is 6. The zero-order valence-electron chi connectivity index (χ0n) is 19.7. The van der Waals surface area contributed by atoms with E-state index < -0.39 is 47.6 Å². The van der Waals surface area contributed by atoms with E-state index in [1.54, 1.807) is 0 Å². The first-order valence-electron chi connectivity index (χ1n) is 11.0. The highest BCUT2D eigenvalue weighted by Crippen LogP contribution is 2.35. The third kappa shape index (κ3) is 12.4. The van der Waals surface area contributed by atoms with Crippen molar-refractivity contribution in [2.45, 2.75) is 83.2 Å². The number of nitrogens with one attached hydrogen (secondary N) is 1. The van der Waals surface area contributed by atoms with E-state index in [-0.39, 0.29) is 0 Å². The van der Waals surface area contributed by atoms with Gasteiger partial charge in [-0.05, 0) is 32.0 Å². The van der Waals surface area contributed by atoms with Crippen molar-refractivity contribution in [2.75, 3.05) is 20.2 Å². The van der Waals surface area contributed by atoms with Crippen molar-refractivity contribution in [3.63, 3.8) is 0 Å². The van der Waals surface area contributed by atoms with Crippen molar-refractivity contribution in [1.82, 2.24) is 10.3 Å². The summed E-state index contributed by atoms with van der Waals surface area (Å²) in [4.78, 5) is 13.6. The predicted octanol–water partition coefficient (Wildman–Crippen LogP) is 5.84. The number of carboxylic acid groups (broad SMARTS) is 1. The maximum absolute atomic E-state index is 12.3. The van der Waals surface area contributed by atoms with Crippen molar-refractivity contribution in [1.29, 1.82) is 0 Å². The summed E-state index contributed by atoms with van der Waals surface area (Å²) in [6.45, 7) is 3.07. The molecule has 0 aliphatic rings. The minimum absolute atomic E-state index is 0.438. The van der Waals surface area contributed by atoms with Crippen molar-refractivity contribution in [3.05, 3.63) is 23.4 Å². The Hall–Kier alpha value is -2.08. The van der Waals surface area contributed by atoms with Gasteiger partial charge in [0.05, 0.1) is 7.11 Å². The van der Waals surface area contributed by atoms with Gasteiger partial charge in [0.1, 0.15) is 5.56 Å². The summed E-state index contributed by atoms with van der Waals surface area (Å²) in [5.41, 5.74) is -4.23. The van der Waals surface area contributed by atoms with Gasteiger partial charge in [-0.2, -0.15) is 26.3 Å². The zero-order valence-corrected chi connectivity index (χ0v) is 19.7. The van der Waals surface area contributed by atoms with Crippen molar-refractivity contribution in [3.8, 4) is 5.88 Å². The number of aromatic nitrogens is 1. The van der Waals surface area contributed by atoms with Crippen molar-refractivity contribution < 1.29 is 46.1 Å². The molecule has 0 bridgehead atoms. The molecule has 1 rings (SSSR count). The van der Waals surface area contributed by atoms with Crippen LogP contribution in [-0.2, 0) is 6.18 Å². The predicted molar refractivity (Wildman–Crippen MR) is 115 cm³/mol. The summed E-state index contributed by atoms with van der Waals surface area (Å²) in [6.07, 6.45) is 0.120. The Bertz CT molecular complexity index is 724. The summed E-state index contributed by atoms with van der Waals surface area (Å²) in [6, 6.07) is 1.39. The van der Waals surface area contributed by atoms with Gasteiger partial charge in [0.2, 0.25) is 5.88 Å². The lowest BCUT2D eigenvalue weighted by molar-refractivity contribution is -0.250. The molecule has 6 nitrogen and oxygen atoms in total. The first kappa shape index (κ1) is 31.9. The molecule has 0 radical (unpaired) electrons. The molecule has 1 heterocycles. The average molecular weight is 505 g/mol. The Morgan fingerprint density at radius 3 is 1.97 bits per heavy atom. The fourth-order valence-corrected chi connectivity index (χ4v) is 2.75. The molecule has 0 spiro atoms. The quantitative estimate of drug-likeness (QED) is 0.231. The average Bonchev–Trinajstić information content (AvgIpc) is 2.73. The minimum atomic E-state index is -4.62. The number of hydrogen-bond donors (Lipinski definition) is 3. The van der Waals surface area contributed by atoms with Crippen LogP contribution >= 0.6 is 0 Å². The summed E-state index contributed by atoms with van der Waals surface area (Å²) in [5.74, 6) is -2.16. The van der Waals surface area contributed by atoms with Crippen LogP contribution in [0.25, 0.3) is 0 Å². The summed E-state index contributed by atoms with van der Waals surface area (Å²) in [5, 5.41) is 20.4. The molecule has 0 aliphatic heterocycles. The fourth-order valence-electron chi connectivity index (χ4n) is 2.75. The third-order valence-corrected chi connectivity index (χ3v) is 4.87. The standard InChI is InChI=1S/C14H28F3NO.C8H6F3NO3/c1-3-4-5-6-7-8-9-10-11-18-12-13(2,19)14(15,16)17;1-15-6-4(8(9,10)11)2-3-5(12-6)7(13)14/h18-19H,3-12H2,1-2H3;2-3H,1H3,(H,13,14). The summed E-state index contributed by atoms with van der Waals surface area (Å²) >= 11 is 0. The molecule has 0 aromatic carbocycles. The lowest BCUT2D eigenvalue weighted by Gasteiger charge is -2.26. The maximum atomic E-state index is 12.3. The first-order chi connectivity index (χ1) is 15.7. The van der Waals surface area contributed by atoms with Gasteiger partial charge in [-0.1, -0.05) is 51.9 Å². The Kier molecular flexibility index (Phi) is 14.1. The number of aromatic carboxylic acids is 1. The second-order valence-electron chi connectivity index (χ2n) is 7.98. The third-order valence-electron chi connectivity index (χ3n) is 4.87. The van der Waals surface area contributed by atoms with Gasteiger partial charge in [0.25, 0.3) is 0 Å². The van der Waals surface area contributed by atoms with Gasteiger partial charge in [-0.25, -0.2) is 9.78 Å². The second kappa shape index (κ2) is 15.0. The van der Waals surface area contributed by atoms with Gasteiger partial charge >= 0.3 is 18.3 Å². The number of carbonyl (C=O) groups is 1. The van der Waals surface area contributed by atoms with Crippen LogP contribution in [0.3, 0.4) is 0 Å². The smallest absolute Gasteiger partial charge is 0.421 e. The van der Waals surface area contributed by atoms with E-state index >= 15 is 0 Å². The van der Waals surface area contributed by atoms with Crippen LogP contribution in [0.15, 0.2) is 12.1 Å². The molecule has 34 heavy (non-hydrogen) atoms. The second-order valence-corrected chi connectivity index (χ2v) is 7.98. The molecule has 1 aromatic heterocycles. The summed E-state index contributed by atoms with van der Waals surface area (Å²) in [7, 11) is 0.989. The first-order valence-corrected chi connectivity index (χ1v) is 11.0. The van der Waals surface area contributed by atoms with Gasteiger partial charge in [-0.15, -0.1) is 0 Å². The zero-order chi connectivity index (χ0) is 26.4. The number of rotatable bonds is 13. The van der Waals surface area contributed by atoms with E-state index in [9.17, 15) is 36.2 Å². The number of carboxylic acids is 1. The van der Waals surface area contributed by atoms with E-state index in [0.29, 0.717) is 12.6 Å². The van der Waals surface area contributed by atoms with Crippen LogP contribution in [0.5, 0.6) is 5.88 Å². The van der Waals surface area contributed by atoms with E-state index in [1.807, 2.05) is 0 Å². The Morgan fingerprint density at radius 1 is 1.00 bits per heavy atom. The molecular weight excluding hydrogens is 470 g/mol. The highest BCUT2D eigenvalue weighted by molar-refractivity contribution is 5.85. The number of aliphatic hydroxyl groups is 1. The van der Waals surface area contributed by atoms with Crippen LogP contribution in [0.1, 0.15) is 81.3 Å². The Labute approximate surface area is 195 Å². The number of ether oxygens (including phenoxy) is 1. The molecule has 1 aromatic rings. The van der Waals surface area contributed by atoms with Gasteiger partial charge in [0, 0.05) is 6.54 Å². The monoisotopic (exact) mass is 504 g/mol. The number of pyridine rings is 1. The van der Waals surface area contributed by atoms with E-state index in [4.69, 9.17) is 5.11 Å². The van der Waals surface area contributed by atoms with Gasteiger partial charge in [0.15, 0.2) is 11.3 Å². The largest absolute Gasteiger partial charge is 0.481 e. The van der Waals surface area contributed by atoms with Crippen LogP contribution in [-0.4, -0.2) is 53.1 Å². The Balaban J connectivity index is 0.000000657. The van der Waals surface area contributed by atoms with Crippen LogP contribution in [0, 0.1) is 0 Å². The molecule has 198 valence electrons. The highest BCUT2D eigenvalue weighted by Gasteiger charge is 2.49. The highest BCUT2D eigenvalue weighted by atomic mass is 19.4. The van der Waals surface area contributed by atoms with E-state index in [2.05, 4.69) is 22.0 Å². The molecule has 1 unspecified atom stereocenters. The maximum Gasteiger partial charge on any atom is 0.421 e. The van der Waals surface area contributed by atoms with Gasteiger partial charge < -0.3 is 20.3 Å². The lowest BCUT2D eigenvalue weighted by Crippen LogP contribution is -2.50.